The van der Waals surface area contributed by atoms with Gasteiger partial charge in [-0.3, -0.25) is 4.90 Å². The second-order valence-electron chi connectivity index (χ2n) is 4.80. The van der Waals surface area contributed by atoms with Crippen molar-refractivity contribution in [2.45, 2.75) is 19.4 Å². The van der Waals surface area contributed by atoms with Crippen molar-refractivity contribution in [2.75, 3.05) is 25.4 Å². The molecule has 2 rings (SSSR count). The van der Waals surface area contributed by atoms with Gasteiger partial charge in [-0.2, -0.15) is 0 Å². The van der Waals surface area contributed by atoms with E-state index in [2.05, 4.69) is 4.90 Å². The average molecular weight is 236 g/mol. The summed E-state index contributed by atoms with van der Waals surface area (Å²) in [5.74, 6) is 0.615. The highest BCUT2D eigenvalue weighted by Gasteiger charge is 2.18. The first-order valence-corrected chi connectivity index (χ1v) is 6.09. The number of aromatic hydroxyl groups is 1. The Hall–Kier alpha value is -1.26. The van der Waals surface area contributed by atoms with Gasteiger partial charge in [-0.25, -0.2) is 0 Å². The van der Waals surface area contributed by atoms with E-state index < -0.39 is 0 Å². The Balaban J connectivity index is 1.91. The van der Waals surface area contributed by atoms with Crippen molar-refractivity contribution in [3.63, 3.8) is 0 Å². The van der Waals surface area contributed by atoms with Gasteiger partial charge in [0.05, 0.1) is 5.69 Å². The molecule has 1 aromatic carbocycles. The van der Waals surface area contributed by atoms with Crippen LogP contribution in [0.2, 0.25) is 0 Å². The fourth-order valence-electron chi connectivity index (χ4n) is 2.29. The first-order valence-electron chi connectivity index (χ1n) is 6.09. The van der Waals surface area contributed by atoms with Gasteiger partial charge in [-0.1, -0.05) is 6.07 Å². The maximum Gasteiger partial charge on any atom is 0.138 e. The van der Waals surface area contributed by atoms with Gasteiger partial charge in [0.1, 0.15) is 5.75 Å². The largest absolute Gasteiger partial charge is 0.506 e. The maximum atomic E-state index is 9.35. The van der Waals surface area contributed by atoms with E-state index in [-0.39, 0.29) is 5.75 Å². The molecular weight excluding hydrogens is 216 g/mol. The summed E-state index contributed by atoms with van der Waals surface area (Å²) >= 11 is 0. The smallest absolute Gasteiger partial charge is 0.138 e. The van der Waals surface area contributed by atoms with Gasteiger partial charge in [0.2, 0.25) is 0 Å². The van der Waals surface area contributed by atoms with Crippen LogP contribution in [0.15, 0.2) is 18.2 Å². The van der Waals surface area contributed by atoms with Crippen LogP contribution < -0.4 is 5.73 Å². The summed E-state index contributed by atoms with van der Waals surface area (Å²) in [6.45, 7) is 3.21. The number of nitrogens with two attached hydrogens (primary N) is 1. The Labute approximate surface area is 102 Å². The van der Waals surface area contributed by atoms with Crippen LogP contribution in [0.1, 0.15) is 18.4 Å². The molecule has 4 heteroatoms. The Morgan fingerprint density at radius 1 is 1.29 bits per heavy atom. The third-order valence-electron chi connectivity index (χ3n) is 3.46. The van der Waals surface area contributed by atoms with E-state index in [1.807, 2.05) is 12.1 Å². The summed E-state index contributed by atoms with van der Waals surface area (Å²) in [7, 11) is 0. The molecule has 1 saturated heterocycles. The van der Waals surface area contributed by atoms with Crippen LogP contribution in [-0.4, -0.2) is 34.8 Å². The van der Waals surface area contributed by atoms with Gasteiger partial charge in [-0.15, -0.1) is 0 Å². The first kappa shape index (κ1) is 12.2. The van der Waals surface area contributed by atoms with Crippen molar-refractivity contribution in [3.8, 4) is 5.75 Å². The molecule has 0 spiro atoms. The molecule has 17 heavy (non-hydrogen) atoms. The predicted molar refractivity (Wildman–Crippen MR) is 67.6 cm³/mol. The molecule has 4 nitrogen and oxygen atoms in total. The minimum absolute atomic E-state index is 0.146. The second kappa shape index (κ2) is 5.38. The number of nitrogen functional groups attached to an aromatic ring is 1. The van der Waals surface area contributed by atoms with Crippen LogP contribution in [0.4, 0.5) is 5.69 Å². The van der Waals surface area contributed by atoms with E-state index in [0.717, 1.165) is 38.0 Å². The lowest BCUT2D eigenvalue weighted by atomic mass is 9.97. The number of benzene rings is 1. The second-order valence-corrected chi connectivity index (χ2v) is 4.80. The number of hydrogen-bond donors (Lipinski definition) is 3. The Morgan fingerprint density at radius 2 is 2.00 bits per heavy atom. The Kier molecular flexibility index (Phi) is 3.86. The van der Waals surface area contributed by atoms with Crippen molar-refractivity contribution in [3.05, 3.63) is 23.8 Å². The van der Waals surface area contributed by atoms with Crippen molar-refractivity contribution in [1.29, 1.82) is 0 Å². The van der Waals surface area contributed by atoms with Gasteiger partial charge < -0.3 is 15.9 Å². The summed E-state index contributed by atoms with van der Waals surface area (Å²) < 4.78 is 0. The number of phenolic OH excluding ortho intramolecular Hbond substituents is 1. The molecular formula is C13H20N2O2. The normalized spacial score (nSPS) is 18.4. The van der Waals surface area contributed by atoms with Crippen molar-refractivity contribution < 1.29 is 10.2 Å². The molecule has 1 aliphatic heterocycles. The number of piperidine rings is 1. The highest BCUT2D eigenvalue weighted by atomic mass is 16.3. The van der Waals surface area contributed by atoms with E-state index in [0.29, 0.717) is 18.2 Å². The monoisotopic (exact) mass is 236 g/mol. The van der Waals surface area contributed by atoms with Crippen molar-refractivity contribution in [2.24, 2.45) is 5.92 Å². The Morgan fingerprint density at radius 3 is 2.59 bits per heavy atom. The molecule has 1 aromatic rings. The molecule has 0 bridgehead atoms. The van der Waals surface area contributed by atoms with Crippen LogP contribution in [0.5, 0.6) is 5.75 Å². The molecule has 1 aliphatic rings. The predicted octanol–water partition coefficient (Wildman–Crippen LogP) is 1.18. The average Bonchev–Trinajstić information content (AvgIpc) is 2.35. The lowest BCUT2D eigenvalue weighted by Crippen LogP contribution is -2.34. The lowest BCUT2D eigenvalue weighted by Gasteiger charge is -2.31. The molecule has 0 atom stereocenters. The zero-order chi connectivity index (χ0) is 12.3. The third kappa shape index (κ3) is 3.11. The third-order valence-corrected chi connectivity index (χ3v) is 3.46. The summed E-state index contributed by atoms with van der Waals surface area (Å²) in [4.78, 5) is 2.36. The minimum atomic E-state index is 0.146. The SMILES string of the molecule is Nc1cc(CN2CCC(CO)CC2)ccc1O. The summed E-state index contributed by atoms with van der Waals surface area (Å²) in [6, 6.07) is 5.38. The zero-order valence-corrected chi connectivity index (χ0v) is 9.97. The highest BCUT2D eigenvalue weighted by Crippen LogP contribution is 2.23. The molecule has 0 aliphatic carbocycles. The molecule has 0 radical (unpaired) electrons. The quantitative estimate of drug-likeness (QED) is 0.544. The number of aliphatic hydroxyl groups is 1. The number of hydrogen-bond acceptors (Lipinski definition) is 4. The number of likely N-dealkylation sites (tertiary alicyclic amines) is 1. The van der Waals surface area contributed by atoms with Gasteiger partial charge in [0.25, 0.3) is 0 Å². The van der Waals surface area contributed by atoms with Gasteiger partial charge >= 0.3 is 0 Å². The molecule has 0 saturated carbocycles. The highest BCUT2D eigenvalue weighted by molar-refractivity contribution is 5.53. The maximum absolute atomic E-state index is 9.35. The molecule has 0 aromatic heterocycles. The number of rotatable bonds is 3. The zero-order valence-electron chi connectivity index (χ0n) is 9.97. The van der Waals surface area contributed by atoms with Crippen LogP contribution in [0.25, 0.3) is 0 Å². The van der Waals surface area contributed by atoms with Crippen LogP contribution in [-0.2, 0) is 6.54 Å². The van der Waals surface area contributed by atoms with Crippen LogP contribution in [0.3, 0.4) is 0 Å². The van der Waals surface area contributed by atoms with Crippen molar-refractivity contribution in [1.82, 2.24) is 4.90 Å². The van der Waals surface area contributed by atoms with Crippen LogP contribution in [0, 0.1) is 5.92 Å². The van der Waals surface area contributed by atoms with E-state index in [1.165, 1.54) is 0 Å². The molecule has 1 heterocycles. The molecule has 0 unspecified atom stereocenters. The minimum Gasteiger partial charge on any atom is -0.506 e. The first-order chi connectivity index (χ1) is 8.19. The van der Waals surface area contributed by atoms with Crippen molar-refractivity contribution >= 4 is 5.69 Å². The number of anilines is 1. The summed E-state index contributed by atoms with van der Waals surface area (Å²) in [6.07, 6.45) is 2.12. The summed E-state index contributed by atoms with van der Waals surface area (Å²) in [5, 5.41) is 18.4. The standard InChI is InChI=1S/C13H20N2O2/c14-12-7-11(1-2-13(12)17)8-15-5-3-10(9-16)4-6-15/h1-2,7,10,16-17H,3-6,8-9,14H2. The topological polar surface area (TPSA) is 69.7 Å². The fraction of sp³-hybridized carbons (Fsp3) is 0.538. The molecule has 1 fully saturated rings. The molecule has 94 valence electrons. The number of nitrogens with zero attached hydrogens (tertiary/aromatic N) is 1. The lowest BCUT2D eigenvalue weighted by molar-refractivity contribution is 0.127. The number of aliphatic hydroxyl groups excluding tert-OH is 1. The fourth-order valence-corrected chi connectivity index (χ4v) is 2.29. The van der Waals surface area contributed by atoms with Gasteiger partial charge in [0.15, 0.2) is 0 Å². The van der Waals surface area contributed by atoms with Gasteiger partial charge in [0, 0.05) is 13.2 Å². The van der Waals surface area contributed by atoms with E-state index in [9.17, 15) is 5.11 Å². The van der Waals surface area contributed by atoms with E-state index in [1.54, 1.807) is 6.07 Å². The van der Waals surface area contributed by atoms with Crippen LogP contribution >= 0.6 is 0 Å². The van der Waals surface area contributed by atoms with Gasteiger partial charge in [-0.05, 0) is 49.5 Å². The van der Waals surface area contributed by atoms with E-state index in [4.69, 9.17) is 10.8 Å². The Bertz CT molecular complexity index is 374. The molecule has 0 amide bonds. The number of phenols is 1. The summed E-state index contributed by atoms with van der Waals surface area (Å²) in [5.41, 5.74) is 7.23. The molecule has 4 N–H and O–H groups in total. The van der Waals surface area contributed by atoms with E-state index >= 15 is 0 Å².